The van der Waals surface area contributed by atoms with Crippen LogP contribution in [0.1, 0.15) is 42.1 Å². The van der Waals surface area contributed by atoms with Gasteiger partial charge in [-0.15, -0.1) is 0 Å². The number of carbonyl (C=O) groups excluding carboxylic acids is 1. The number of amides is 1. The molecular formula is C22H26FN7O3. The standard InChI is InChI=1S/C22H26FN7O3/c1-24-19-10-18(26-17-5-2-8-29(22(17)32)13-4-3-9-33-12-13)28-20-14(11-25-30(19)20)21(31)27-16-7-6-15(16)23/h2,5,8,10-11,13,15-16,24H,3-4,6-7,9,12H2,1H3,(H,26,28)(H,27,31)/t13-,15+,16?/m0/s1. The number of ether oxygens (including phenoxy) is 1. The van der Waals surface area contributed by atoms with Gasteiger partial charge < -0.3 is 25.3 Å². The van der Waals surface area contributed by atoms with Crippen LogP contribution in [0.2, 0.25) is 0 Å². The van der Waals surface area contributed by atoms with E-state index in [1.165, 1.54) is 10.7 Å². The maximum absolute atomic E-state index is 13.6. The minimum Gasteiger partial charge on any atom is -0.379 e. The van der Waals surface area contributed by atoms with Gasteiger partial charge in [-0.3, -0.25) is 9.59 Å². The first-order valence-electron chi connectivity index (χ1n) is 11.1. The average Bonchev–Trinajstić information content (AvgIpc) is 3.27. The van der Waals surface area contributed by atoms with E-state index in [1.54, 1.807) is 36.0 Å². The Morgan fingerprint density at radius 3 is 2.88 bits per heavy atom. The van der Waals surface area contributed by atoms with Gasteiger partial charge >= 0.3 is 0 Å². The normalized spacial score (nSPS) is 22.5. The van der Waals surface area contributed by atoms with Crippen LogP contribution in [0.5, 0.6) is 0 Å². The van der Waals surface area contributed by atoms with E-state index in [1.807, 2.05) is 0 Å². The lowest BCUT2D eigenvalue weighted by molar-refractivity contribution is 0.0581. The van der Waals surface area contributed by atoms with Crippen molar-refractivity contribution < 1.29 is 13.9 Å². The zero-order valence-electron chi connectivity index (χ0n) is 18.3. The molecule has 1 aliphatic carbocycles. The number of hydrogen-bond acceptors (Lipinski definition) is 7. The Kier molecular flexibility index (Phi) is 5.71. The molecule has 5 rings (SSSR count). The van der Waals surface area contributed by atoms with Gasteiger partial charge in [-0.1, -0.05) is 0 Å². The largest absolute Gasteiger partial charge is 0.379 e. The summed E-state index contributed by atoms with van der Waals surface area (Å²) < 4.78 is 22.3. The van der Waals surface area contributed by atoms with Crippen LogP contribution in [0.25, 0.3) is 5.65 Å². The van der Waals surface area contributed by atoms with Crippen LogP contribution >= 0.6 is 0 Å². The number of halogens is 1. The maximum atomic E-state index is 13.6. The molecule has 0 spiro atoms. The Morgan fingerprint density at radius 2 is 2.18 bits per heavy atom. The predicted molar refractivity (Wildman–Crippen MR) is 121 cm³/mol. The van der Waals surface area contributed by atoms with E-state index < -0.39 is 18.1 Å². The van der Waals surface area contributed by atoms with E-state index in [0.29, 0.717) is 49.0 Å². The second-order valence-corrected chi connectivity index (χ2v) is 8.37. The Balaban J connectivity index is 1.46. The average molecular weight is 455 g/mol. The van der Waals surface area contributed by atoms with Crippen LogP contribution in [0.15, 0.2) is 35.4 Å². The first-order valence-corrected chi connectivity index (χ1v) is 11.1. The van der Waals surface area contributed by atoms with Crippen LogP contribution < -0.4 is 21.5 Å². The van der Waals surface area contributed by atoms with Crippen LogP contribution in [-0.2, 0) is 4.74 Å². The van der Waals surface area contributed by atoms with Crippen molar-refractivity contribution >= 4 is 28.9 Å². The molecule has 1 saturated heterocycles. The Hall–Kier alpha value is -3.47. The van der Waals surface area contributed by atoms with E-state index >= 15 is 0 Å². The van der Waals surface area contributed by atoms with E-state index in [0.717, 1.165) is 12.8 Å². The first-order chi connectivity index (χ1) is 16.0. The molecule has 11 heteroatoms. The highest BCUT2D eigenvalue weighted by Crippen LogP contribution is 2.25. The summed E-state index contributed by atoms with van der Waals surface area (Å²) in [6.07, 6.45) is 5.01. The highest BCUT2D eigenvalue weighted by molar-refractivity contribution is 6.00. The van der Waals surface area contributed by atoms with Crippen molar-refractivity contribution in [2.75, 3.05) is 30.9 Å². The van der Waals surface area contributed by atoms with Gasteiger partial charge in [-0.2, -0.15) is 9.61 Å². The first kappa shape index (κ1) is 21.4. The molecular weight excluding hydrogens is 429 g/mol. The van der Waals surface area contributed by atoms with Crippen LogP contribution in [0.3, 0.4) is 0 Å². The zero-order valence-corrected chi connectivity index (χ0v) is 18.3. The fourth-order valence-electron chi connectivity index (χ4n) is 4.21. The van der Waals surface area contributed by atoms with Gasteiger partial charge in [-0.25, -0.2) is 9.37 Å². The summed E-state index contributed by atoms with van der Waals surface area (Å²) in [7, 11) is 1.72. The second kappa shape index (κ2) is 8.81. The Labute approximate surface area is 189 Å². The fourth-order valence-corrected chi connectivity index (χ4v) is 4.21. The zero-order chi connectivity index (χ0) is 22.9. The summed E-state index contributed by atoms with van der Waals surface area (Å²) in [5, 5.41) is 13.1. The molecule has 1 aliphatic heterocycles. The van der Waals surface area contributed by atoms with Gasteiger partial charge in [0.25, 0.3) is 11.5 Å². The third-order valence-corrected chi connectivity index (χ3v) is 6.25. The molecule has 3 N–H and O–H groups in total. The third kappa shape index (κ3) is 4.04. The lowest BCUT2D eigenvalue weighted by Crippen LogP contribution is -2.48. The molecule has 1 unspecified atom stereocenters. The Morgan fingerprint density at radius 1 is 1.30 bits per heavy atom. The van der Waals surface area contributed by atoms with E-state index in [9.17, 15) is 14.0 Å². The summed E-state index contributed by atoms with van der Waals surface area (Å²) in [5.74, 6) is 0.525. The van der Waals surface area contributed by atoms with Gasteiger partial charge in [-0.05, 0) is 37.8 Å². The van der Waals surface area contributed by atoms with Crippen molar-refractivity contribution in [2.24, 2.45) is 0 Å². The highest BCUT2D eigenvalue weighted by atomic mass is 19.1. The van der Waals surface area contributed by atoms with Gasteiger partial charge in [0.05, 0.1) is 24.9 Å². The molecule has 2 aliphatic rings. The monoisotopic (exact) mass is 455 g/mol. The van der Waals surface area contributed by atoms with E-state index in [2.05, 4.69) is 26.0 Å². The van der Waals surface area contributed by atoms with Crippen LogP contribution in [0, 0.1) is 0 Å². The minimum absolute atomic E-state index is 0.00715. The quantitative estimate of drug-likeness (QED) is 0.522. The maximum Gasteiger partial charge on any atom is 0.274 e. The molecule has 10 nitrogen and oxygen atoms in total. The highest BCUT2D eigenvalue weighted by Gasteiger charge is 2.33. The van der Waals surface area contributed by atoms with Crippen LogP contribution in [0.4, 0.5) is 21.7 Å². The fraction of sp³-hybridized carbons (Fsp3) is 0.455. The number of fused-ring (bicyclic) bond motifs is 1. The molecule has 1 saturated carbocycles. The number of hydrogen-bond donors (Lipinski definition) is 3. The number of carbonyl (C=O) groups is 1. The molecule has 0 bridgehead atoms. The number of nitrogens with one attached hydrogen (secondary N) is 3. The number of rotatable bonds is 6. The van der Waals surface area contributed by atoms with Crippen molar-refractivity contribution in [3.8, 4) is 0 Å². The van der Waals surface area contributed by atoms with Crippen LogP contribution in [-0.4, -0.2) is 57.5 Å². The smallest absolute Gasteiger partial charge is 0.274 e. The molecule has 3 aromatic rings. The number of anilines is 3. The van der Waals surface area contributed by atoms with Crippen molar-refractivity contribution in [2.45, 2.75) is 43.9 Å². The SMILES string of the molecule is CNc1cc(Nc2cccn([C@H]3CCCOC3)c2=O)nc2c(C(=O)NC3CC[C@H]3F)cnn12. The van der Waals surface area contributed by atoms with E-state index in [-0.39, 0.29) is 17.2 Å². The molecule has 174 valence electrons. The van der Waals surface area contributed by atoms with Gasteiger partial charge in [0, 0.05) is 25.9 Å². The number of nitrogens with zero attached hydrogens (tertiary/aromatic N) is 4. The molecule has 2 fully saturated rings. The van der Waals surface area contributed by atoms with Gasteiger partial charge in [0.1, 0.15) is 29.1 Å². The van der Waals surface area contributed by atoms with Crippen molar-refractivity contribution in [1.29, 1.82) is 0 Å². The van der Waals surface area contributed by atoms with Gasteiger partial charge in [0.15, 0.2) is 5.65 Å². The topological polar surface area (TPSA) is 115 Å². The van der Waals surface area contributed by atoms with Crippen molar-refractivity contribution in [3.05, 3.63) is 46.5 Å². The Bertz CT molecular complexity index is 1230. The van der Waals surface area contributed by atoms with E-state index in [4.69, 9.17) is 4.74 Å². The van der Waals surface area contributed by atoms with Gasteiger partial charge in [0.2, 0.25) is 0 Å². The molecule has 1 amide bonds. The second-order valence-electron chi connectivity index (χ2n) is 8.37. The summed E-state index contributed by atoms with van der Waals surface area (Å²) in [4.78, 5) is 30.4. The molecule has 33 heavy (non-hydrogen) atoms. The summed E-state index contributed by atoms with van der Waals surface area (Å²) in [6, 6.07) is 4.71. The van der Waals surface area contributed by atoms with Crippen molar-refractivity contribution in [1.82, 2.24) is 24.5 Å². The molecule has 3 aromatic heterocycles. The van der Waals surface area contributed by atoms with Crippen molar-refractivity contribution in [3.63, 3.8) is 0 Å². The lowest BCUT2D eigenvalue weighted by atomic mass is 9.90. The molecule has 4 heterocycles. The predicted octanol–water partition coefficient (Wildman–Crippen LogP) is 2.26. The lowest BCUT2D eigenvalue weighted by Gasteiger charge is -2.30. The molecule has 0 radical (unpaired) electrons. The number of alkyl halides is 1. The summed E-state index contributed by atoms with van der Waals surface area (Å²) in [5.41, 5.74) is 0.723. The molecule has 3 atom stereocenters. The molecule has 0 aromatic carbocycles. The number of aromatic nitrogens is 4. The summed E-state index contributed by atoms with van der Waals surface area (Å²) >= 11 is 0. The number of pyridine rings is 1. The third-order valence-electron chi connectivity index (χ3n) is 6.25. The minimum atomic E-state index is -1.02. The summed E-state index contributed by atoms with van der Waals surface area (Å²) in [6.45, 7) is 1.22.